The van der Waals surface area contributed by atoms with Crippen molar-refractivity contribution in [3.63, 3.8) is 0 Å². The van der Waals surface area contributed by atoms with Gasteiger partial charge in [-0.05, 0) is 6.92 Å². The average Bonchev–Trinajstić information content (AvgIpc) is 1.87. The molecule has 0 aromatic heterocycles. The fourth-order valence-corrected chi connectivity index (χ4v) is 0.298. The van der Waals surface area contributed by atoms with Gasteiger partial charge in [-0.25, -0.2) is 4.79 Å². The van der Waals surface area contributed by atoms with E-state index in [4.69, 9.17) is 0 Å². The molecule has 0 aromatic rings. The van der Waals surface area contributed by atoms with E-state index in [0.29, 0.717) is 5.84 Å². The van der Waals surface area contributed by atoms with Gasteiger partial charge in [0.2, 0.25) is 0 Å². The molecule has 1 aliphatic rings. The molecule has 0 atom stereocenters. The maximum Gasteiger partial charge on any atom is 0.387 e. The van der Waals surface area contributed by atoms with Crippen molar-refractivity contribution in [2.45, 2.75) is 6.92 Å². The van der Waals surface area contributed by atoms with E-state index in [0.717, 1.165) is 0 Å². The largest absolute Gasteiger partial charge is 0.387 e. The van der Waals surface area contributed by atoms with E-state index in [-0.39, 0.29) is 0 Å². The second-order valence-corrected chi connectivity index (χ2v) is 1.14. The third-order valence-electron chi connectivity index (χ3n) is 0.538. The van der Waals surface area contributed by atoms with E-state index in [1.54, 1.807) is 6.92 Å². The van der Waals surface area contributed by atoms with Gasteiger partial charge >= 0.3 is 6.03 Å². The van der Waals surface area contributed by atoms with Crippen molar-refractivity contribution in [2.75, 3.05) is 0 Å². The van der Waals surface area contributed by atoms with Gasteiger partial charge in [0.15, 0.2) is 5.84 Å². The number of urea groups is 1. The minimum Gasteiger partial charge on any atom is -0.242 e. The van der Waals surface area contributed by atoms with Crippen LogP contribution in [0.4, 0.5) is 4.79 Å². The number of rotatable bonds is 0. The smallest absolute Gasteiger partial charge is 0.242 e. The summed E-state index contributed by atoms with van der Waals surface area (Å²) in [6.45, 7) is 1.62. The lowest BCUT2D eigenvalue weighted by Crippen LogP contribution is -1.77. The van der Waals surface area contributed by atoms with Crippen LogP contribution in [0.3, 0.4) is 0 Å². The topological polar surface area (TPSA) is 54.1 Å². The van der Waals surface area contributed by atoms with Gasteiger partial charge in [0.1, 0.15) is 0 Å². The fourth-order valence-electron chi connectivity index (χ4n) is 0.298. The second kappa shape index (κ2) is 1.22. The van der Waals surface area contributed by atoms with Crippen molar-refractivity contribution in [1.29, 1.82) is 0 Å². The van der Waals surface area contributed by atoms with E-state index in [1.807, 2.05) is 0 Å². The van der Waals surface area contributed by atoms with Crippen molar-refractivity contribution in [1.82, 2.24) is 0 Å². The Labute approximate surface area is 40.0 Å². The van der Waals surface area contributed by atoms with Crippen molar-refractivity contribution in [3.05, 3.63) is 0 Å². The number of carbonyl (C=O) groups is 1. The maximum absolute atomic E-state index is 10.0. The quantitative estimate of drug-likeness (QED) is 0.444. The first-order valence-electron chi connectivity index (χ1n) is 1.80. The van der Waals surface area contributed by atoms with Crippen LogP contribution in [0.2, 0.25) is 0 Å². The summed E-state index contributed by atoms with van der Waals surface area (Å²) in [5.41, 5.74) is 0. The average molecular weight is 97.1 g/mol. The standard InChI is InChI=1S/C3H3N3O/c1-2-4-3(7)6-5-2/h1H3. The van der Waals surface area contributed by atoms with Gasteiger partial charge in [-0.15, -0.1) is 5.11 Å². The summed E-state index contributed by atoms with van der Waals surface area (Å²) >= 11 is 0. The Hall–Kier alpha value is -1.06. The first-order chi connectivity index (χ1) is 3.29. The third kappa shape index (κ3) is 0.677. The zero-order valence-corrected chi connectivity index (χ0v) is 3.75. The molecule has 2 amide bonds. The van der Waals surface area contributed by atoms with Gasteiger partial charge in [0, 0.05) is 0 Å². The van der Waals surface area contributed by atoms with Crippen LogP contribution in [0.5, 0.6) is 0 Å². The van der Waals surface area contributed by atoms with E-state index < -0.39 is 6.03 Å². The second-order valence-electron chi connectivity index (χ2n) is 1.14. The summed E-state index contributed by atoms with van der Waals surface area (Å²) in [6.07, 6.45) is 0. The summed E-state index contributed by atoms with van der Waals surface area (Å²) in [5, 5.41) is 6.44. The Balaban J connectivity index is 2.88. The van der Waals surface area contributed by atoms with Gasteiger partial charge in [0.05, 0.1) is 0 Å². The first-order valence-corrected chi connectivity index (χ1v) is 1.80. The lowest BCUT2D eigenvalue weighted by atomic mass is 10.7. The van der Waals surface area contributed by atoms with Crippen LogP contribution in [0.25, 0.3) is 0 Å². The molecule has 0 spiro atoms. The predicted molar refractivity (Wildman–Crippen MR) is 23.4 cm³/mol. The summed E-state index contributed by atoms with van der Waals surface area (Å²) in [6, 6.07) is -0.502. The highest BCUT2D eigenvalue weighted by Crippen LogP contribution is 1.95. The molecule has 0 saturated heterocycles. The minimum absolute atomic E-state index is 0.435. The molecule has 0 fully saturated rings. The molecule has 36 valence electrons. The Kier molecular flexibility index (Phi) is 0.714. The van der Waals surface area contributed by atoms with E-state index in [9.17, 15) is 4.79 Å². The number of hydrogen-bond donors (Lipinski definition) is 0. The molecule has 1 aliphatic heterocycles. The summed E-state index contributed by atoms with van der Waals surface area (Å²) < 4.78 is 0. The van der Waals surface area contributed by atoms with Crippen LogP contribution >= 0.6 is 0 Å². The van der Waals surface area contributed by atoms with Crippen LogP contribution in [-0.2, 0) is 0 Å². The number of amidine groups is 1. The molecule has 4 nitrogen and oxygen atoms in total. The van der Waals surface area contributed by atoms with Crippen molar-refractivity contribution >= 4 is 11.9 Å². The lowest BCUT2D eigenvalue weighted by molar-refractivity contribution is 0.257. The molecule has 0 saturated carbocycles. The minimum atomic E-state index is -0.502. The van der Waals surface area contributed by atoms with Crippen LogP contribution in [0, 0.1) is 0 Å². The molecule has 7 heavy (non-hydrogen) atoms. The fraction of sp³-hybridized carbons (Fsp3) is 0.333. The molecule has 0 N–H and O–H groups in total. The normalized spacial score (nSPS) is 17.9. The SMILES string of the molecule is CC1=NC(=O)N=N1. The third-order valence-corrected chi connectivity index (χ3v) is 0.538. The predicted octanol–water partition coefficient (Wildman–Crippen LogP) is 0.991. The molecule has 1 rings (SSSR count). The Morgan fingerprint density at radius 1 is 1.43 bits per heavy atom. The van der Waals surface area contributed by atoms with Crippen LogP contribution < -0.4 is 0 Å². The van der Waals surface area contributed by atoms with Gasteiger partial charge in [-0.2, -0.15) is 4.99 Å². The number of nitrogens with zero attached hydrogens (tertiary/aromatic N) is 3. The number of carbonyl (C=O) groups excluding carboxylic acids is 1. The van der Waals surface area contributed by atoms with E-state index >= 15 is 0 Å². The monoisotopic (exact) mass is 97.0 g/mol. The van der Waals surface area contributed by atoms with Gasteiger partial charge < -0.3 is 0 Å². The summed E-state index contributed by atoms with van der Waals surface area (Å²) in [5.74, 6) is 0.435. The Morgan fingerprint density at radius 2 is 2.14 bits per heavy atom. The molecule has 1 heterocycles. The van der Waals surface area contributed by atoms with Crippen LogP contribution in [0.1, 0.15) is 6.92 Å². The molecular weight excluding hydrogens is 94.1 g/mol. The zero-order valence-electron chi connectivity index (χ0n) is 3.75. The number of hydrogen-bond acceptors (Lipinski definition) is 2. The van der Waals surface area contributed by atoms with Crippen molar-refractivity contribution in [3.8, 4) is 0 Å². The van der Waals surface area contributed by atoms with Crippen LogP contribution in [-0.4, -0.2) is 11.9 Å². The molecule has 0 bridgehead atoms. The van der Waals surface area contributed by atoms with E-state index in [1.165, 1.54) is 0 Å². The van der Waals surface area contributed by atoms with E-state index in [2.05, 4.69) is 15.2 Å². The molecule has 0 radical (unpaired) electrons. The number of aliphatic imine (C=N–C) groups is 1. The highest BCUT2D eigenvalue weighted by Gasteiger charge is 2.02. The highest BCUT2D eigenvalue weighted by atomic mass is 16.2. The maximum atomic E-state index is 10.0. The molecule has 0 aliphatic carbocycles. The Morgan fingerprint density at radius 3 is 2.29 bits per heavy atom. The van der Waals surface area contributed by atoms with Crippen LogP contribution in [0.15, 0.2) is 15.2 Å². The summed E-state index contributed by atoms with van der Waals surface area (Å²) in [7, 11) is 0. The molecule has 0 aromatic carbocycles. The number of amides is 2. The summed E-state index contributed by atoms with van der Waals surface area (Å²) in [4.78, 5) is 13.3. The highest BCUT2D eigenvalue weighted by molar-refractivity contribution is 5.97. The first kappa shape index (κ1) is 4.11. The van der Waals surface area contributed by atoms with Crippen molar-refractivity contribution < 1.29 is 4.79 Å². The molecule has 4 heteroatoms. The van der Waals surface area contributed by atoms with Gasteiger partial charge in [0.25, 0.3) is 0 Å². The molecule has 0 unspecified atom stereocenters. The molecular formula is C3H3N3O. The Bertz CT molecular complexity index is 158. The zero-order chi connectivity index (χ0) is 5.28. The lowest BCUT2D eigenvalue weighted by Gasteiger charge is -1.66. The van der Waals surface area contributed by atoms with Crippen molar-refractivity contribution in [2.24, 2.45) is 15.2 Å². The van der Waals surface area contributed by atoms with Gasteiger partial charge in [-0.3, -0.25) is 0 Å². The van der Waals surface area contributed by atoms with Gasteiger partial charge in [-0.1, -0.05) is 5.11 Å². The number of azo groups is 1.